The van der Waals surface area contributed by atoms with Crippen LogP contribution in [-0.2, 0) is 9.59 Å². The van der Waals surface area contributed by atoms with Crippen molar-refractivity contribution in [1.29, 1.82) is 0 Å². The molecule has 74 valence electrons. The van der Waals surface area contributed by atoms with Gasteiger partial charge >= 0.3 is 0 Å². The first-order valence-corrected chi connectivity index (χ1v) is 4.97. The third-order valence-electron chi connectivity index (χ3n) is 2.49. The minimum Gasteiger partial charge on any atom is -0.349 e. The van der Waals surface area contributed by atoms with Crippen molar-refractivity contribution in [3.05, 3.63) is 0 Å². The summed E-state index contributed by atoms with van der Waals surface area (Å²) in [7, 11) is 0. The number of Topliss-reactive ketones (excluding diaryl/α,β-unsaturated/α-hetero) is 1. The predicted octanol–water partition coefficient (Wildman–Crippen LogP) is 1.27. The summed E-state index contributed by atoms with van der Waals surface area (Å²) in [6, 6.07) is 0. The van der Waals surface area contributed by atoms with Crippen LogP contribution in [0.2, 0.25) is 0 Å². The van der Waals surface area contributed by atoms with Crippen LogP contribution >= 0.6 is 0 Å². The summed E-state index contributed by atoms with van der Waals surface area (Å²) >= 11 is 0. The van der Waals surface area contributed by atoms with Crippen molar-refractivity contribution in [2.24, 2.45) is 5.92 Å². The molecular formula is C10H17NO2. The fourth-order valence-corrected chi connectivity index (χ4v) is 1.72. The number of amides is 1. The van der Waals surface area contributed by atoms with Crippen molar-refractivity contribution in [2.75, 3.05) is 6.54 Å². The second kappa shape index (κ2) is 5.00. The van der Waals surface area contributed by atoms with E-state index < -0.39 is 0 Å². The molecule has 1 fully saturated rings. The SMILES string of the molecule is CC(=O)CNC(=O)C1CCCCC1. The van der Waals surface area contributed by atoms with Gasteiger partial charge in [0.2, 0.25) is 5.91 Å². The van der Waals surface area contributed by atoms with Crippen molar-refractivity contribution in [1.82, 2.24) is 5.32 Å². The van der Waals surface area contributed by atoms with Gasteiger partial charge in [0.1, 0.15) is 5.78 Å². The third kappa shape index (κ3) is 3.57. The molecule has 0 aromatic carbocycles. The number of hydrogen-bond acceptors (Lipinski definition) is 2. The van der Waals surface area contributed by atoms with Crippen LogP contribution in [0.15, 0.2) is 0 Å². The smallest absolute Gasteiger partial charge is 0.223 e. The van der Waals surface area contributed by atoms with Gasteiger partial charge in [0.05, 0.1) is 6.54 Å². The molecule has 1 aliphatic rings. The van der Waals surface area contributed by atoms with E-state index in [2.05, 4.69) is 5.32 Å². The lowest BCUT2D eigenvalue weighted by atomic mass is 9.89. The minimum atomic E-state index is 0.0177. The van der Waals surface area contributed by atoms with E-state index in [-0.39, 0.29) is 24.2 Å². The molecule has 3 nitrogen and oxygen atoms in total. The topological polar surface area (TPSA) is 46.2 Å². The normalized spacial score (nSPS) is 18.2. The molecule has 0 heterocycles. The number of carbonyl (C=O) groups excluding carboxylic acids is 2. The molecule has 1 rings (SSSR count). The number of rotatable bonds is 3. The van der Waals surface area contributed by atoms with E-state index in [1.54, 1.807) is 0 Å². The van der Waals surface area contributed by atoms with Crippen molar-refractivity contribution in [2.45, 2.75) is 39.0 Å². The fourth-order valence-electron chi connectivity index (χ4n) is 1.72. The molecule has 0 atom stereocenters. The largest absolute Gasteiger partial charge is 0.349 e. The molecule has 0 radical (unpaired) electrons. The van der Waals surface area contributed by atoms with Crippen LogP contribution < -0.4 is 5.32 Å². The van der Waals surface area contributed by atoms with E-state index in [0.717, 1.165) is 25.7 Å². The Bertz CT molecular complexity index is 195. The van der Waals surface area contributed by atoms with E-state index in [0.29, 0.717) is 0 Å². The summed E-state index contributed by atoms with van der Waals surface area (Å²) in [6.45, 7) is 1.68. The van der Waals surface area contributed by atoms with Gasteiger partial charge in [-0.3, -0.25) is 9.59 Å². The second-order valence-corrected chi connectivity index (χ2v) is 3.75. The van der Waals surface area contributed by atoms with E-state index in [1.165, 1.54) is 13.3 Å². The van der Waals surface area contributed by atoms with Gasteiger partial charge < -0.3 is 5.32 Å². The highest BCUT2D eigenvalue weighted by Gasteiger charge is 2.20. The van der Waals surface area contributed by atoms with Gasteiger partial charge in [-0.1, -0.05) is 19.3 Å². The first-order valence-electron chi connectivity index (χ1n) is 4.97. The molecule has 0 spiro atoms. The van der Waals surface area contributed by atoms with Gasteiger partial charge in [-0.15, -0.1) is 0 Å². The molecule has 0 aromatic heterocycles. The molecule has 3 heteroatoms. The molecule has 1 aliphatic carbocycles. The molecule has 0 bridgehead atoms. The average Bonchev–Trinajstić information content (AvgIpc) is 2.15. The Kier molecular flexibility index (Phi) is 3.93. The van der Waals surface area contributed by atoms with E-state index in [1.807, 2.05) is 0 Å². The lowest BCUT2D eigenvalue weighted by molar-refractivity contribution is -0.128. The van der Waals surface area contributed by atoms with E-state index >= 15 is 0 Å². The van der Waals surface area contributed by atoms with Crippen LogP contribution in [-0.4, -0.2) is 18.2 Å². The Balaban J connectivity index is 2.25. The highest BCUT2D eigenvalue weighted by Crippen LogP contribution is 2.23. The Labute approximate surface area is 78.9 Å². The fraction of sp³-hybridized carbons (Fsp3) is 0.800. The van der Waals surface area contributed by atoms with Crippen LogP contribution in [0.5, 0.6) is 0 Å². The van der Waals surface area contributed by atoms with Crippen molar-refractivity contribution in [3.8, 4) is 0 Å². The van der Waals surface area contributed by atoms with Gasteiger partial charge in [-0.05, 0) is 19.8 Å². The third-order valence-corrected chi connectivity index (χ3v) is 2.49. The Morgan fingerprint density at radius 3 is 2.38 bits per heavy atom. The van der Waals surface area contributed by atoms with Crippen LogP contribution in [0.25, 0.3) is 0 Å². The summed E-state index contributed by atoms with van der Waals surface area (Å²) < 4.78 is 0. The van der Waals surface area contributed by atoms with Crippen molar-refractivity contribution >= 4 is 11.7 Å². The highest BCUT2D eigenvalue weighted by atomic mass is 16.2. The Morgan fingerprint density at radius 2 is 1.85 bits per heavy atom. The summed E-state index contributed by atoms with van der Waals surface area (Å²) in [5, 5.41) is 2.66. The van der Waals surface area contributed by atoms with Crippen molar-refractivity contribution in [3.63, 3.8) is 0 Å². The lowest BCUT2D eigenvalue weighted by Crippen LogP contribution is -2.34. The standard InChI is InChI=1S/C10H17NO2/c1-8(12)7-11-10(13)9-5-3-2-4-6-9/h9H,2-7H2,1H3,(H,11,13). The molecule has 13 heavy (non-hydrogen) atoms. The molecular weight excluding hydrogens is 166 g/mol. The van der Waals surface area contributed by atoms with Crippen LogP contribution in [0.1, 0.15) is 39.0 Å². The van der Waals surface area contributed by atoms with Crippen LogP contribution in [0, 0.1) is 5.92 Å². The first kappa shape index (κ1) is 10.2. The molecule has 1 saturated carbocycles. The number of hydrogen-bond donors (Lipinski definition) is 1. The summed E-state index contributed by atoms with van der Waals surface area (Å²) in [4.78, 5) is 22.1. The molecule has 1 N–H and O–H groups in total. The van der Waals surface area contributed by atoms with Gasteiger partial charge in [-0.2, -0.15) is 0 Å². The highest BCUT2D eigenvalue weighted by molar-refractivity contribution is 5.85. The zero-order chi connectivity index (χ0) is 9.68. The number of ketones is 1. The van der Waals surface area contributed by atoms with Crippen LogP contribution in [0.4, 0.5) is 0 Å². The molecule has 0 aliphatic heterocycles. The average molecular weight is 183 g/mol. The maximum atomic E-state index is 11.4. The monoisotopic (exact) mass is 183 g/mol. The van der Waals surface area contributed by atoms with Crippen molar-refractivity contribution < 1.29 is 9.59 Å². The Hall–Kier alpha value is -0.860. The van der Waals surface area contributed by atoms with E-state index in [9.17, 15) is 9.59 Å². The molecule has 0 unspecified atom stereocenters. The first-order chi connectivity index (χ1) is 6.20. The maximum Gasteiger partial charge on any atom is 0.223 e. The molecule has 0 saturated heterocycles. The van der Waals surface area contributed by atoms with E-state index in [4.69, 9.17) is 0 Å². The number of nitrogens with one attached hydrogen (secondary N) is 1. The number of carbonyl (C=O) groups is 2. The zero-order valence-electron chi connectivity index (χ0n) is 8.14. The zero-order valence-corrected chi connectivity index (χ0v) is 8.14. The maximum absolute atomic E-state index is 11.4. The van der Waals surface area contributed by atoms with Gasteiger partial charge in [0, 0.05) is 5.92 Å². The molecule has 1 amide bonds. The van der Waals surface area contributed by atoms with Gasteiger partial charge in [0.25, 0.3) is 0 Å². The van der Waals surface area contributed by atoms with Gasteiger partial charge in [0.15, 0.2) is 0 Å². The minimum absolute atomic E-state index is 0.0177. The Morgan fingerprint density at radius 1 is 1.23 bits per heavy atom. The lowest BCUT2D eigenvalue weighted by Gasteiger charge is -2.20. The van der Waals surface area contributed by atoms with Gasteiger partial charge in [-0.25, -0.2) is 0 Å². The second-order valence-electron chi connectivity index (χ2n) is 3.75. The summed E-state index contributed by atoms with van der Waals surface area (Å²) in [6.07, 6.45) is 5.53. The van der Waals surface area contributed by atoms with Crippen LogP contribution in [0.3, 0.4) is 0 Å². The molecule has 0 aromatic rings. The quantitative estimate of drug-likeness (QED) is 0.716. The summed E-state index contributed by atoms with van der Waals surface area (Å²) in [5.41, 5.74) is 0. The summed E-state index contributed by atoms with van der Waals surface area (Å²) in [5.74, 6) is 0.243. The predicted molar refractivity (Wildman–Crippen MR) is 50.3 cm³/mol.